The van der Waals surface area contributed by atoms with Gasteiger partial charge < -0.3 is 10.1 Å². The van der Waals surface area contributed by atoms with E-state index in [-0.39, 0.29) is 5.95 Å². The molecule has 3 aromatic carbocycles. The van der Waals surface area contributed by atoms with Crippen molar-refractivity contribution in [2.45, 2.75) is 19.7 Å². The molecule has 4 rings (SSSR count). The van der Waals surface area contributed by atoms with E-state index in [9.17, 15) is 13.2 Å². The summed E-state index contributed by atoms with van der Waals surface area (Å²) in [5.41, 5.74) is 3.42. The number of rotatable bonds is 6. The van der Waals surface area contributed by atoms with Gasteiger partial charge in [0.2, 0.25) is 5.95 Å². The van der Waals surface area contributed by atoms with Gasteiger partial charge in [0.1, 0.15) is 18.1 Å². The first kappa shape index (κ1) is 21.4. The molecule has 0 unspecified atom stereocenters. The Morgan fingerprint density at radius 2 is 1.69 bits per heavy atom. The highest BCUT2D eigenvalue weighted by atomic mass is 19.4. The summed E-state index contributed by atoms with van der Waals surface area (Å²) in [7, 11) is 0. The molecule has 0 saturated carbocycles. The molecule has 1 N–H and O–H groups in total. The van der Waals surface area contributed by atoms with Crippen LogP contribution in [0.1, 0.15) is 16.8 Å². The monoisotopic (exact) mass is 435 g/mol. The Labute approximate surface area is 183 Å². The van der Waals surface area contributed by atoms with Crippen LogP contribution in [0.25, 0.3) is 11.1 Å². The van der Waals surface area contributed by atoms with Crippen molar-refractivity contribution in [3.63, 3.8) is 0 Å². The number of hydrogen-bond acceptors (Lipinski definition) is 4. The summed E-state index contributed by atoms with van der Waals surface area (Å²) in [6, 6.07) is 24.1. The van der Waals surface area contributed by atoms with Crippen LogP contribution in [0.2, 0.25) is 0 Å². The molecule has 0 atom stereocenters. The lowest BCUT2D eigenvalue weighted by atomic mass is 10.0. The third-order valence-corrected chi connectivity index (χ3v) is 4.70. The second-order valence-electron chi connectivity index (χ2n) is 7.28. The van der Waals surface area contributed by atoms with Crippen LogP contribution in [0, 0.1) is 6.92 Å². The van der Waals surface area contributed by atoms with Crippen molar-refractivity contribution in [1.82, 2.24) is 9.97 Å². The smallest absolute Gasteiger partial charge is 0.433 e. The lowest BCUT2D eigenvalue weighted by Crippen LogP contribution is -2.10. The first-order chi connectivity index (χ1) is 15.4. The first-order valence-corrected chi connectivity index (χ1v) is 9.93. The van der Waals surface area contributed by atoms with E-state index in [1.807, 2.05) is 79.7 Å². The second kappa shape index (κ2) is 9.09. The number of halogens is 3. The molecule has 4 nitrogen and oxygen atoms in total. The number of ether oxygens (including phenoxy) is 1. The fourth-order valence-electron chi connectivity index (χ4n) is 3.23. The molecular weight excluding hydrogens is 415 g/mol. The van der Waals surface area contributed by atoms with Gasteiger partial charge in [-0.15, -0.1) is 0 Å². The molecule has 1 aromatic heterocycles. The third kappa shape index (κ3) is 5.43. The molecule has 0 amide bonds. The molecule has 4 aromatic rings. The molecule has 0 fully saturated rings. The van der Waals surface area contributed by atoms with E-state index in [2.05, 4.69) is 15.3 Å². The average Bonchev–Trinajstić information content (AvgIpc) is 2.78. The highest BCUT2D eigenvalue weighted by molar-refractivity contribution is 5.71. The Hall–Kier alpha value is -3.87. The summed E-state index contributed by atoms with van der Waals surface area (Å²) in [5, 5.41) is 2.88. The van der Waals surface area contributed by atoms with Crippen LogP contribution in [-0.4, -0.2) is 9.97 Å². The quantitative estimate of drug-likeness (QED) is 0.362. The summed E-state index contributed by atoms with van der Waals surface area (Å²) >= 11 is 0. The van der Waals surface area contributed by atoms with E-state index >= 15 is 0 Å². The molecule has 0 spiro atoms. The Morgan fingerprint density at radius 3 is 2.47 bits per heavy atom. The van der Waals surface area contributed by atoms with Crippen LogP contribution in [0.3, 0.4) is 0 Å². The topological polar surface area (TPSA) is 47.0 Å². The molecule has 0 saturated heterocycles. The van der Waals surface area contributed by atoms with Crippen molar-refractivity contribution in [2.75, 3.05) is 5.32 Å². The standard InChI is InChI=1S/C25H20F3N3O/c1-17-12-20(14-21(13-17)30-24-29-11-10-23(31-24)25(26,27)28)19-8-5-9-22(15-19)32-16-18-6-3-2-4-7-18/h2-15H,16H2,1H3,(H,29,30,31). The van der Waals surface area contributed by atoms with Crippen molar-refractivity contribution in [3.8, 4) is 16.9 Å². The highest BCUT2D eigenvalue weighted by Gasteiger charge is 2.32. The second-order valence-corrected chi connectivity index (χ2v) is 7.28. The van der Waals surface area contributed by atoms with E-state index in [1.54, 1.807) is 0 Å². The number of anilines is 2. The maximum absolute atomic E-state index is 12.9. The summed E-state index contributed by atoms with van der Waals surface area (Å²) in [6.45, 7) is 2.37. The van der Waals surface area contributed by atoms with Gasteiger partial charge in [0.05, 0.1) is 0 Å². The maximum Gasteiger partial charge on any atom is 0.433 e. The number of aromatic nitrogens is 2. The van der Waals surface area contributed by atoms with E-state index in [1.165, 1.54) is 0 Å². The van der Waals surface area contributed by atoms with E-state index in [0.717, 1.165) is 40.3 Å². The molecule has 0 aliphatic carbocycles. The Bertz CT molecular complexity index is 1210. The molecule has 0 radical (unpaired) electrons. The zero-order valence-corrected chi connectivity index (χ0v) is 17.2. The zero-order valence-electron chi connectivity index (χ0n) is 17.2. The predicted octanol–water partition coefficient (Wildman–Crippen LogP) is 6.79. The minimum absolute atomic E-state index is 0.115. The minimum Gasteiger partial charge on any atom is -0.489 e. The first-order valence-electron chi connectivity index (χ1n) is 9.93. The molecular formula is C25H20F3N3O. The van der Waals surface area contributed by atoms with Crippen LogP contribution >= 0.6 is 0 Å². The van der Waals surface area contributed by atoms with Gasteiger partial charge in [0, 0.05) is 11.9 Å². The van der Waals surface area contributed by atoms with Gasteiger partial charge in [0.15, 0.2) is 0 Å². The summed E-state index contributed by atoms with van der Waals surface area (Å²) in [5.74, 6) is 0.611. The van der Waals surface area contributed by atoms with E-state index < -0.39 is 11.9 Å². The van der Waals surface area contributed by atoms with Gasteiger partial charge in [-0.05, 0) is 59.5 Å². The van der Waals surface area contributed by atoms with Crippen molar-refractivity contribution in [1.29, 1.82) is 0 Å². The minimum atomic E-state index is -4.53. The van der Waals surface area contributed by atoms with Gasteiger partial charge in [-0.25, -0.2) is 9.97 Å². The number of alkyl halides is 3. The van der Waals surface area contributed by atoms with Crippen LogP contribution < -0.4 is 10.1 Å². The molecule has 0 aliphatic heterocycles. The zero-order chi connectivity index (χ0) is 22.6. The number of nitrogens with zero attached hydrogens (tertiary/aromatic N) is 2. The van der Waals surface area contributed by atoms with E-state index in [4.69, 9.17) is 4.74 Å². The van der Waals surface area contributed by atoms with Crippen LogP contribution in [-0.2, 0) is 12.8 Å². The number of nitrogens with one attached hydrogen (secondary N) is 1. The summed E-state index contributed by atoms with van der Waals surface area (Å²) in [4.78, 5) is 7.48. The van der Waals surface area contributed by atoms with Crippen molar-refractivity contribution in [2.24, 2.45) is 0 Å². The Balaban J connectivity index is 1.55. The number of benzene rings is 3. The third-order valence-electron chi connectivity index (χ3n) is 4.70. The van der Waals surface area contributed by atoms with Gasteiger partial charge >= 0.3 is 6.18 Å². The normalized spacial score (nSPS) is 11.2. The lowest BCUT2D eigenvalue weighted by Gasteiger charge is -2.12. The molecule has 0 bridgehead atoms. The van der Waals surface area contributed by atoms with Gasteiger partial charge in [-0.2, -0.15) is 13.2 Å². The molecule has 32 heavy (non-hydrogen) atoms. The lowest BCUT2D eigenvalue weighted by molar-refractivity contribution is -0.141. The van der Waals surface area contributed by atoms with Gasteiger partial charge in [-0.1, -0.05) is 48.5 Å². The Morgan fingerprint density at radius 1 is 0.875 bits per heavy atom. The largest absolute Gasteiger partial charge is 0.489 e. The molecule has 0 aliphatic rings. The fraction of sp³-hybridized carbons (Fsp3) is 0.120. The molecule has 1 heterocycles. The number of aryl methyl sites for hydroxylation is 1. The van der Waals surface area contributed by atoms with Crippen molar-refractivity contribution < 1.29 is 17.9 Å². The SMILES string of the molecule is Cc1cc(Nc2nccc(C(F)(F)F)n2)cc(-c2cccc(OCc3ccccc3)c2)c1. The van der Waals surface area contributed by atoms with Gasteiger partial charge in [0.25, 0.3) is 0 Å². The molecule has 162 valence electrons. The molecule has 7 heteroatoms. The number of hydrogen-bond donors (Lipinski definition) is 1. The maximum atomic E-state index is 12.9. The average molecular weight is 435 g/mol. The van der Waals surface area contributed by atoms with Crippen LogP contribution in [0.5, 0.6) is 5.75 Å². The van der Waals surface area contributed by atoms with Gasteiger partial charge in [-0.3, -0.25) is 0 Å². The van der Waals surface area contributed by atoms with E-state index in [0.29, 0.717) is 12.3 Å². The predicted molar refractivity (Wildman–Crippen MR) is 118 cm³/mol. The van der Waals surface area contributed by atoms with Crippen LogP contribution in [0.4, 0.5) is 24.8 Å². The summed E-state index contributed by atoms with van der Waals surface area (Å²) < 4.78 is 44.7. The fourth-order valence-corrected chi connectivity index (χ4v) is 3.23. The summed E-state index contributed by atoms with van der Waals surface area (Å²) in [6.07, 6.45) is -3.44. The Kier molecular flexibility index (Phi) is 6.07. The van der Waals surface area contributed by atoms with Crippen molar-refractivity contribution >= 4 is 11.6 Å². The van der Waals surface area contributed by atoms with Crippen LogP contribution in [0.15, 0.2) is 85.1 Å². The van der Waals surface area contributed by atoms with Crippen molar-refractivity contribution in [3.05, 3.63) is 102 Å². The highest BCUT2D eigenvalue weighted by Crippen LogP contribution is 2.30.